The lowest BCUT2D eigenvalue weighted by Crippen LogP contribution is -2.34. The first-order chi connectivity index (χ1) is 10.7. The minimum absolute atomic E-state index is 0.117. The molecule has 0 spiro atoms. The van der Waals surface area contributed by atoms with Gasteiger partial charge in [-0.05, 0) is 31.9 Å². The second-order valence-corrected chi connectivity index (χ2v) is 5.76. The van der Waals surface area contributed by atoms with Crippen molar-refractivity contribution in [1.82, 2.24) is 15.0 Å². The molecular formula is C15H20N4O3. The fourth-order valence-electron chi connectivity index (χ4n) is 2.88. The standard InChI is InChI=1S/C15H20N4O3/c1-10-6-11(7-16)8-19(10)14(20)3-2-13-17-15(18-22-13)12-4-5-21-9-12/h4-5,9-11H,2-3,6-8,16H2,1H3. The van der Waals surface area contributed by atoms with Gasteiger partial charge in [-0.25, -0.2) is 0 Å². The van der Waals surface area contributed by atoms with Crippen molar-refractivity contribution in [2.24, 2.45) is 11.7 Å². The van der Waals surface area contributed by atoms with Gasteiger partial charge >= 0.3 is 0 Å². The van der Waals surface area contributed by atoms with Gasteiger partial charge in [0.25, 0.3) is 0 Å². The monoisotopic (exact) mass is 304 g/mol. The second-order valence-electron chi connectivity index (χ2n) is 5.76. The van der Waals surface area contributed by atoms with Gasteiger partial charge in [0.2, 0.25) is 17.6 Å². The van der Waals surface area contributed by atoms with Crippen LogP contribution in [-0.2, 0) is 11.2 Å². The molecule has 2 N–H and O–H groups in total. The van der Waals surface area contributed by atoms with Crippen LogP contribution < -0.4 is 5.73 Å². The molecule has 0 radical (unpaired) electrons. The van der Waals surface area contributed by atoms with Crippen molar-refractivity contribution >= 4 is 5.91 Å². The van der Waals surface area contributed by atoms with Crippen LogP contribution in [0.5, 0.6) is 0 Å². The highest BCUT2D eigenvalue weighted by Crippen LogP contribution is 2.23. The van der Waals surface area contributed by atoms with Gasteiger partial charge in [-0.1, -0.05) is 5.16 Å². The molecule has 2 aromatic heterocycles. The lowest BCUT2D eigenvalue weighted by Gasteiger charge is -2.21. The number of carbonyl (C=O) groups excluding carboxylic acids is 1. The van der Waals surface area contributed by atoms with E-state index in [0.717, 1.165) is 18.5 Å². The third-order valence-corrected chi connectivity index (χ3v) is 4.12. The summed E-state index contributed by atoms with van der Waals surface area (Å²) in [5.41, 5.74) is 6.46. The molecule has 2 unspecified atom stereocenters. The number of amides is 1. The van der Waals surface area contributed by atoms with Crippen LogP contribution in [0.15, 0.2) is 27.5 Å². The van der Waals surface area contributed by atoms with Crippen molar-refractivity contribution in [3.63, 3.8) is 0 Å². The molecule has 1 amide bonds. The third kappa shape index (κ3) is 3.04. The third-order valence-electron chi connectivity index (χ3n) is 4.12. The highest BCUT2D eigenvalue weighted by atomic mass is 16.5. The van der Waals surface area contributed by atoms with Gasteiger partial charge in [-0.3, -0.25) is 4.79 Å². The zero-order valence-electron chi connectivity index (χ0n) is 12.6. The van der Waals surface area contributed by atoms with Crippen molar-refractivity contribution in [1.29, 1.82) is 0 Å². The van der Waals surface area contributed by atoms with E-state index < -0.39 is 0 Å². The summed E-state index contributed by atoms with van der Waals surface area (Å²) in [6.07, 6.45) is 4.90. The maximum Gasteiger partial charge on any atom is 0.227 e. The molecule has 0 aromatic carbocycles. The van der Waals surface area contributed by atoms with Crippen molar-refractivity contribution < 1.29 is 13.7 Å². The molecule has 2 aromatic rings. The minimum atomic E-state index is 0.117. The highest BCUT2D eigenvalue weighted by molar-refractivity contribution is 5.77. The molecule has 3 rings (SSSR count). The Morgan fingerprint density at radius 3 is 3.09 bits per heavy atom. The van der Waals surface area contributed by atoms with Gasteiger partial charge < -0.3 is 19.6 Å². The number of aromatic nitrogens is 2. The van der Waals surface area contributed by atoms with E-state index in [1.54, 1.807) is 18.6 Å². The van der Waals surface area contributed by atoms with Crippen LogP contribution in [-0.4, -0.2) is 40.1 Å². The predicted molar refractivity (Wildman–Crippen MR) is 78.7 cm³/mol. The van der Waals surface area contributed by atoms with E-state index in [0.29, 0.717) is 37.0 Å². The van der Waals surface area contributed by atoms with E-state index in [2.05, 4.69) is 17.1 Å². The summed E-state index contributed by atoms with van der Waals surface area (Å²) < 4.78 is 10.2. The molecular weight excluding hydrogens is 284 g/mol. The number of hydrogen-bond donors (Lipinski definition) is 1. The lowest BCUT2D eigenvalue weighted by molar-refractivity contribution is -0.131. The van der Waals surface area contributed by atoms with Crippen LogP contribution in [0.25, 0.3) is 11.4 Å². The molecule has 22 heavy (non-hydrogen) atoms. The van der Waals surface area contributed by atoms with Gasteiger partial charge in [-0.15, -0.1) is 0 Å². The second kappa shape index (κ2) is 6.31. The van der Waals surface area contributed by atoms with Crippen molar-refractivity contribution in [3.8, 4) is 11.4 Å². The van der Waals surface area contributed by atoms with Gasteiger partial charge in [0, 0.05) is 25.4 Å². The Hall–Kier alpha value is -2.15. The number of aryl methyl sites for hydroxylation is 1. The van der Waals surface area contributed by atoms with Crippen LogP contribution in [0.3, 0.4) is 0 Å². The summed E-state index contributed by atoms with van der Waals surface area (Å²) in [6.45, 7) is 3.45. The first-order valence-corrected chi connectivity index (χ1v) is 7.52. The van der Waals surface area contributed by atoms with Crippen LogP contribution in [0, 0.1) is 5.92 Å². The maximum atomic E-state index is 12.3. The minimum Gasteiger partial charge on any atom is -0.472 e. The average Bonchev–Trinajstić information content (AvgIpc) is 3.24. The smallest absolute Gasteiger partial charge is 0.227 e. The SMILES string of the molecule is CC1CC(CN)CN1C(=O)CCc1nc(-c2ccoc2)no1. The zero-order valence-corrected chi connectivity index (χ0v) is 12.6. The van der Waals surface area contributed by atoms with Crippen LogP contribution in [0.2, 0.25) is 0 Å². The number of carbonyl (C=O) groups is 1. The van der Waals surface area contributed by atoms with Crippen molar-refractivity contribution in [3.05, 3.63) is 24.5 Å². The summed E-state index contributed by atoms with van der Waals surface area (Å²) in [6, 6.07) is 2.02. The number of hydrogen-bond acceptors (Lipinski definition) is 6. The Morgan fingerprint density at radius 1 is 1.55 bits per heavy atom. The van der Waals surface area contributed by atoms with E-state index in [1.165, 1.54) is 0 Å². The molecule has 7 nitrogen and oxygen atoms in total. The van der Waals surface area contributed by atoms with Crippen LogP contribution in [0.4, 0.5) is 0 Å². The first kappa shape index (κ1) is 14.8. The Morgan fingerprint density at radius 2 is 2.41 bits per heavy atom. The van der Waals surface area contributed by atoms with Gasteiger partial charge in [0.05, 0.1) is 11.8 Å². The molecule has 3 heterocycles. The van der Waals surface area contributed by atoms with Gasteiger partial charge in [-0.2, -0.15) is 4.98 Å². The number of furan rings is 1. The quantitative estimate of drug-likeness (QED) is 0.898. The lowest BCUT2D eigenvalue weighted by atomic mass is 10.1. The molecule has 0 saturated carbocycles. The number of rotatable bonds is 5. The first-order valence-electron chi connectivity index (χ1n) is 7.52. The molecule has 1 aliphatic rings. The molecule has 1 aliphatic heterocycles. The summed E-state index contributed by atoms with van der Waals surface area (Å²) in [7, 11) is 0. The van der Waals surface area contributed by atoms with Crippen molar-refractivity contribution in [2.75, 3.05) is 13.1 Å². The molecule has 0 aliphatic carbocycles. The molecule has 1 fully saturated rings. The molecule has 2 atom stereocenters. The van der Waals surface area contributed by atoms with E-state index in [9.17, 15) is 4.79 Å². The normalized spacial score (nSPS) is 21.5. The van der Waals surface area contributed by atoms with Crippen molar-refractivity contribution in [2.45, 2.75) is 32.2 Å². The largest absolute Gasteiger partial charge is 0.472 e. The van der Waals surface area contributed by atoms with E-state index >= 15 is 0 Å². The van der Waals surface area contributed by atoms with Gasteiger partial charge in [0.15, 0.2) is 0 Å². The molecule has 1 saturated heterocycles. The Balaban J connectivity index is 1.55. The molecule has 118 valence electrons. The molecule has 7 heteroatoms. The van der Waals surface area contributed by atoms with E-state index in [4.69, 9.17) is 14.7 Å². The zero-order chi connectivity index (χ0) is 15.5. The van der Waals surface area contributed by atoms with Crippen LogP contribution >= 0.6 is 0 Å². The van der Waals surface area contributed by atoms with E-state index in [-0.39, 0.29) is 11.9 Å². The average molecular weight is 304 g/mol. The maximum absolute atomic E-state index is 12.3. The Bertz CT molecular complexity index is 623. The topological polar surface area (TPSA) is 98.4 Å². The summed E-state index contributed by atoms with van der Waals surface area (Å²) in [4.78, 5) is 18.5. The summed E-state index contributed by atoms with van der Waals surface area (Å²) in [5, 5.41) is 3.89. The predicted octanol–water partition coefficient (Wildman–Crippen LogP) is 1.46. The number of nitrogens with zero attached hydrogens (tertiary/aromatic N) is 3. The highest BCUT2D eigenvalue weighted by Gasteiger charge is 2.31. The number of likely N-dealkylation sites (tertiary alicyclic amines) is 1. The van der Waals surface area contributed by atoms with Crippen LogP contribution in [0.1, 0.15) is 25.7 Å². The Labute approximate surface area is 128 Å². The fourth-order valence-corrected chi connectivity index (χ4v) is 2.88. The summed E-state index contributed by atoms with van der Waals surface area (Å²) in [5.74, 6) is 1.47. The molecule has 0 bridgehead atoms. The van der Waals surface area contributed by atoms with Gasteiger partial charge in [0.1, 0.15) is 6.26 Å². The summed E-state index contributed by atoms with van der Waals surface area (Å²) >= 11 is 0. The number of nitrogens with two attached hydrogens (primary N) is 1. The fraction of sp³-hybridized carbons (Fsp3) is 0.533. The van der Waals surface area contributed by atoms with E-state index in [1.807, 2.05) is 4.90 Å². The Kier molecular flexibility index (Phi) is 4.24.